The summed E-state index contributed by atoms with van der Waals surface area (Å²) < 4.78 is 39.8. The molecule has 0 saturated heterocycles. The fraction of sp³-hybridized carbons (Fsp3) is 0.333. The van der Waals surface area contributed by atoms with Gasteiger partial charge in [-0.05, 0) is 12.1 Å². The van der Waals surface area contributed by atoms with Crippen LogP contribution in [0.2, 0.25) is 0 Å². The zero-order chi connectivity index (χ0) is 11.8. The predicted octanol–water partition coefficient (Wildman–Crippen LogP) is 1.68. The quantitative estimate of drug-likeness (QED) is 0.786. The van der Waals surface area contributed by atoms with Crippen LogP contribution >= 0.6 is 0 Å². The van der Waals surface area contributed by atoms with Crippen LogP contribution in [0.15, 0.2) is 24.5 Å². The number of aryl methyl sites for hydroxylation is 1. The van der Waals surface area contributed by atoms with Crippen LogP contribution in [-0.2, 0) is 19.8 Å². The minimum atomic E-state index is -4.40. The van der Waals surface area contributed by atoms with Crippen molar-refractivity contribution in [1.29, 1.82) is 0 Å². The minimum Gasteiger partial charge on any atom is -0.270 e. The Labute approximate surface area is 89.3 Å². The molecule has 0 N–H and O–H groups in total. The number of aromatic nitrogens is 4. The topological polar surface area (TPSA) is 35.6 Å². The molecule has 0 unspecified atom stereocenters. The maximum atomic E-state index is 12.4. The summed E-state index contributed by atoms with van der Waals surface area (Å²) in [5.41, 5.74) is -0.423. The monoisotopic (exact) mass is 230 g/mol. The van der Waals surface area contributed by atoms with Gasteiger partial charge in [0.2, 0.25) is 0 Å². The SMILES string of the molecule is Cn1nc(C(F)(F)F)cc1Cn1cccn1. The largest absolute Gasteiger partial charge is 0.435 e. The van der Waals surface area contributed by atoms with E-state index in [0.717, 1.165) is 6.07 Å². The van der Waals surface area contributed by atoms with E-state index in [0.29, 0.717) is 5.69 Å². The van der Waals surface area contributed by atoms with Crippen molar-refractivity contribution in [3.63, 3.8) is 0 Å². The number of hydrogen-bond donors (Lipinski definition) is 0. The van der Waals surface area contributed by atoms with Crippen molar-refractivity contribution in [2.24, 2.45) is 7.05 Å². The highest BCUT2D eigenvalue weighted by molar-refractivity contribution is 5.13. The van der Waals surface area contributed by atoms with Crippen LogP contribution in [-0.4, -0.2) is 19.6 Å². The Kier molecular flexibility index (Phi) is 2.45. The van der Waals surface area contributed by atoms with E-state index in [4.69, 9.17) is 0 Å². The van der Waals surface area contributed by atoms with Gasteiger partial charge in [0.1, 0.15) is 0 Å². The van der Waals surface area contributed by atoms with Gasteiger partial charge in [0.25, 0.3) is 0 Å². The molecule has 0 aliphatic rings. The molecule has 0 atom stereocenters. The van der Waals surface area contributed by atoms with E-state index >= 15 is 0 Å². The van der Waals surface area contributed by atoms with Crippen LogP contribution in [0.5, 0.6) is 0 Å². The second-order valence-electron chi connectivity index (χ2n) is 3.35. The number of rotatable bonds is 2. The van der Waals surface area contributed by atoms with Crippen LogP contribution in [0, 0.1) is 0 Å². The zero-order valence-electron chi connectivity index (χ0n) is 8.44. The second kappa shape index (κ2) is 3.66. The number of hydrogen-bond acceptors (Lipinski definition) is 2. The lowest BCUT2D eigenvalue weighted by Crippen LogP contribution is -2.07. The van der Waals surface area contributed by atoms with Crippen LogP contribution in [0.25, 0.3) is 0 Å². The van der Waals surface area contributed by atoms with Gasteiger partial charge in [0.15, 0.2) is 5.69 Å². The van der Waals surface area contributed by atoms with Crippen molar-refractivity contribution in [3.05, 3.63) is 35.9 Å². The lowest BCUT2D eigenvalue weighted by molar-refractivity contribution is -0.141. The minimum absolute atomic E-state index is 0.270. The molecule has 0 aliphatic heterocycles. The second-order valence-corrected chi connectivity index (χ2v) is 3.35. The first-order valence-electron chi connectivity index (χ1n) is 4.54. The van der Waals surface area contributed by atoms with Crippen molar-refractivity contribution in [1.82, 2.24) is 19.6 Å². The Morgan fingerprint density at radius 2 is 2.12 bits per heavy atom. The molecule has 0 spiro atoms. The highest BCUT2D eigenvalue weighted by Gasteiger charge is 2.34. The van der Waals surface area contributed by atoms with Gasteiger partial charge in [-0.25, -0.2) is 0 Å². The van der Waals surface area contributed by atoms with Gasteiger partial charge in [-0.3, -0.25) is 9.36 Å². The first kappa shape index (κ1) is 10.7. The molecule has 2 rings (SSSR count). The van der Waals surface area contributed by atoms with E-state index in [1.54, 1.807) is 18.5 Å². The van der Waals surface area contributed by atoms with E-state index in [-0.39, 0.29) is 6.54 Å². The molecule has 0 aromatic carbocycles. The van der Waals surface area contributed by atoms with Crippen LogP contribution in [0.1, 0.15) is 11.4 Å². The smallest absolute Gasteiger partial charge is 0.270 e. The van der Waals surface area contributed by atoms with Gasteiger partial charge < -0.3 is 0 Å². The molecule has 0 bridgehead atoms. The Balaban J connectivity index is 2.26. The van der Waals surface area contributed by atoms with E-state index in [1.165, 1.54) is 16.4 Å². The first-order valence-corrected chi connectivity index (χ1v) is 4.54. The van der Waals surface area contributed by atoms with Gasteiger partial charge in [0, 0.05) is 19.4 Å². The molecule has 16 heavy (non-hydrogen) atoms. The van der Waals surface area contributed by atoms with Crippen molar-refractivity contribution in [2.45, 2.75) is 12.7 Å². The summed E-state index contributed by atoms with van der Waals surface area (Å²) in [4.78, 5) is 0. The Bertz CT molecular complexity index is 469. The molecule has 2 heterocycles. The third kappa shape index (κ3) is 2.07. The summed E-state index contributed by atoms with van der Waals surface area (Å²) in [5, 5.41) is 7.33. The van der Waals surface area contributed by atoms with Crippen molar-refractivity contribution < 1.29 is 13.2 Å². The molecular formula is C9H9F3N4. The molecule has 0 fully saturated rings. The number of alkyl halides is 3. The zero-order valence-corrected chi connectivity index (χ0v) is 8.44. The average molecular weight is 230 g/mol. The van der Waals surface area contributed by atoms with Gasteiger partial charge in [0.05, 0.1) is 12.2 Å². The first-order chi connectivity index (χ1) is 7.47. The molecule has 0 radical (unpaired) electrons. The summed E-state index contributed by atoms with van der Waals surface area (Å²) in [6, 6.07) is 2.74. The average Bonchev–Trinajstić information content (AvgIpc) is 2.76. The van der Waals surface area contributed by atoms with Crippen LogP contribution < -0.4 is 0 Å². The molecule has 2 aromatic heterocycles. The van der Waals surface area contributed by atoms with Crippen molar-refractivity contribution >= 4 is 0 Å². The lowest BCUT2D eigenvalue weighted by atomic mass is 10.3. The molecule has 4 nitrogen and oxygen atoms in total. The Hall–Kier alpha value is -1.79. The fourth-order valence-electron chi connectivity index (χ4n) is 1.35. The maximum absolute atomic E-state index is 12.4. The van der Waals surface area contributed by atoms with Crippen molar-refractivity contribution in [2.75, 3.05) is 0 Å². The summed E-state index contributed by atoms with van der Waals surface area (Å²) >= 11 is 0. The molecular weight excluding hydrogens is 221 g/mol. The van der Waals surface area contributed by atoms with Crippen LogP contribution in [0.4, 0.5) is 13.2 Å². The Morgan fingerprint density at radius 3 is 2.62 bits per heavy atom. The third-order valence-corrected chi connectivity index (χ3v) is 2.15. The normalized spacial score (nSPS) is 12.0. The van der Waals surface area contributed by atoms with Crippen LogP contribution in [0.3, 0.4) is 0 Å². The van der Waals surface area contributed by atoms with E-state index in [2.05, 4.69) is 10.2 Å². The maximum Gasteiger partial charge on any atom is 0.435 e. The highest BCUT2D eigenvalue weighted by Crippen LogP contribution is 2.28. The van der Waals surface area contributed by atoms with E-state index in [9.17, 15) is 13.2 Å². The predicted molar refractivity (Wildman–Crippen MR) is 49.5 cm³/mol. The molecule has 0 amide bonds. The van der Waals surface area contributed by atoms with Gasteiger partial charge in [-0.2, -0.15) is 23.4 Å². The Morgan fingerprint density at radius 1 is 1.38 bits per heavy atom. The summed E-state index contributed by atoms with van der Waals surface area (Å²) in [7, 11) is 1.48. The third-order valence-electron chi connectivity index (χ3n) is 2.15. The molecule has 7 heteroatoms. The van der Waals surface area contributed by atoms with Gasteiger partial charge >= 0.3 is 6.18 Å². The lowest BCUT2D eigenvalue weighted by Gasteiger charge is -2.00. The summed E-state index contributed by atoms with van der Waals surface area (Å²) in [6.07, 6.45) is -1.15. The van der Waals surface area contributed by atoms with Gasteiger partial charge in [-0.1, -0.05) is 0 Å². The molecule has 0 aliphatic carbocycles. The van der Waals surface area contributed by atoms with E-state index < -0.39 is 11.9 Å². The fourth-order valence-corrected chi connectivity index (χ4v) is 1.35. The number of nitrogens with zero attached hydrogens (tertiary/aromatic N) is 4. The standard InChI is InChI=1S/C9H9F3N4/c1-15-7(6-16-4-2-3-13-16)5-8(14-15)9(10,11)12/h2-5H,6H2,1H3. The molecule has 86 valence electrons. The van der Waals surface area contributed by atoms with Crippen molar-refractivity contribution in [3.8, 4) is 0 Å². The molecule has 2 aromatic rings. The van der Waals surface area contributed by atoms with E-state index in [1.807, 2.05) is 0 Å². The van der Waals surface area contributed by atoms with Gasteiger partial charge in [-0.15, -0.1) is 0 Å². The summed E-state index contributed by atoms with van der Waals surface area (Å²) in [6.45, 7) is 0.270. The highest BCUT2D eigenvalue weighted by atomic mass is 19.4. The number of halogens is 3. The molecule has 0 saturated carbocycles. The summed E-state index contributed by atoms with van der Waals surface area (Å²) in [5.74, 6) is 0.